The number of hydrogen-bond acceptors (Lipinski definition) is 2. The van der Waals surface area contributed by atoms with Crippen molar-refractivity contribution in [2.45, 2.75) is 19.6 Å². The lowest BCUT2D eigenvalue weighted by Gasteiger charge is -2.19. The van der Waals surface area contributed by atoms with Crippen LogP contribution in [0.15, 0.2) is 24.3 Å². The Labute approximate surface area is 80.3 Å². The van der Waals surface area contributed by atoms with Gasteiger partial charge in [-0.1, -0.05) is 19.6 Å². The van der Waals surface area contributed by atoms with Crippen LogP contribution in [0.25, 0.3) is 0 Å². The summed E-state index contributed by atoms with van der Waals surface area (Å²) in [4.78, 5) is 3.46. The number of anilines is 1. The van der Waals surface area contributed by atoms with Crippen LogP contribution in [0.4, 0.5) is 5.69 Å². The summed E-state index contributed by atoms with van der Waals surface area (Å²) < 4.78 is 0. The molecular weight excluding hydrogens is 176 g/mol. The minimum Gasteiger partial charge on any atom is -0.411 e. The summed E-state index contributed by atoms with van der Waals surface area (Å²) in [6.45, 7) is 6.72. The molecule has 1 aromatic rings. The van der Waals surface area contributed by atoms with Crippen LogP contribution in [0.3, 0.4) is 0 Å². The number of nitriles is 1. The Morgan fingerprint density at radius 2 is 1.69 bits per heavy atom. The molecular formula is C10H14N2Si. The number of nitrogens with zero attached hydrogens (tertiary/aromatic N) is 1. The lowest BCUT2D eigenvalue weighted by atomic mass is 10.2. The molecule has 0 saturated heterocycles. The molecule has 0 aliphatic heterocycles. The number of benzene rings is 1. The third kappa shape index (κ3) is 3.30. The van der Waals surface area contributed by atoms with Crippen LogP contribution in [0.2, 0.25) is 19.6 Å². The second-order valence-corrected chi connectivity index (χ2v) is 8.81. The van der Waals surface area contributed by atoms with Gasteiger partial charge in [0.15, 0.2) is 0 Å². The Hall–Kier alpha value is -1.27. The van der Waals surface area contributed by atoms with Crippen molar-refractivity contribution in [3.63, 3.8) is 0 Å². The van der Waals surface area contributed by atoms with E-state index in [-0.39, 0.29) is 0 Å². The van der Waals surface area contributed by atoms with Crippen molar-refractivity contribution in [3.8, 4) is 6.07 Å². The molecule has 13 heavy (non-hydrogen) atoms. The van der Waals surface area contributed by atoms with Crippen molar-refractivity contribution < 1.29 is 0 Å². The van der Waals surface area contributed by atoms with Crippen molar-refractivity contribution in [1.82, 2.24) is 0 Å². The zero-order valence-corrected chi connectivity index (χ0v) is 9.26. The van der Waals surface area contributed by atoms with Crippen LogP contribution in [-0.4, -0.2) is 8.24 Å². The van der Waals surface area contributed by atoms with Crippen molar-refractivity contribution in [1.29, 1.82) is 5.26 Å². The number of hydrogen-bond donors (Lipinski definition) is 1. The molecule has 0 radical (unpaired) electrons. The Bertz CT molecular complexity index is 316. The summed E-state index contributed by atoms with van der Waals surface area (Å²) in [5.74, 6) is 0. The highest BCUT2D eigenvalue weighted by Gasteiger charge is 2.12. The normalized spacial score (nSPS) is 10.6. The minimum absolute atomic E-state index is 0.709. The maximum Gasteiger partial charge on any atom is 0.144 e. The number of nitrogens with one attached hydrogen (secondary N) is 1. The molecule has 0 unspecified atom stereocenters. The van der Waals surface area contributed by atoms with Gasteiger partial charge in [-0.25, -0.2) is 0 Å². The fourth-order valence-corrected chi connectivity index (χ4v) is 2.09. The Kier molecular flexibility index (Phi) is 2.74. The molecule has 3 heteroatoms. The molecule has 0 atom stereocenters. The maximum absolute atomic E-state index is 8.60. The molecule has 0 bridgehead atoms. The molecule has 1 aromatic carbocycles. The van der Waals surface area contributed by atoms with Crippen LogP contribution >= 0.6 is 0 Å². The fraction of sp³-hybridized carbons (Fsp3) is 0.300. The van der Waals surface area contributed by atoms with Gasteiger partial charge in [-0.2, -0.15) is 5.26 Å². The Balaban J connectivity index is 2.77. The van der Waals surface area contributed by atoms with Gasteiger partial charge in [0.25, 0.3) is 0 Å². The molecule has 2 nitrogen and oxygen atoms in total. The van der Waals surface area contributed by atoms with Crippen LogP contribution < -0.4 is 4.98 Å². The summed E-state index contributed by atoms with van der Waals surface area (Å²) in [5.41, 5.74) is 1.82. The molecule has 0 fully saturated rings. The van der Waals surface area contributed by atoms with Gasteiger partial charge in [-0.3, -0.25) is 0 Å². The average Bonchev–Trinajstić information content (AvgIpc) is 2.03. The van der Waals surface area contributed by atoms with E-state index in [2.05, 4.69) is 30.7 Å². The first-order valence-corrected chi connectivity index (χ1v) is 7.79. The maximum atomic E-state index is 8.60. The first-order chi connectivity index (χ1) is 6.01. The van der Waals surface area contributed by atoms with E-state index in [0.29, 0.717) is 5.56 Å². The standard InChI is InChI=1S/C10H14N2Si/c1-13(2,3)12-10-6-4-9(8-11)5-7-10/h4-7,12H,1-3H3. The van der Waals surface area contributed by atoms with Gasteiger partial charge >= 0.3 is 0 Å². The fourth-order valence-electron chi connectivity index (χ4n) is 1.06. The van der Waals surface area contributed by atoms with E-state index in [1.54, 1.807) is 0 Å². The molecule has 1 rings (SSSR count). The second-order valence-electron chi connectivity index (χ2n) is 4.06. The first kappa shape index (κ1) is 9.81. The van der Waals surface area contributed by atoms with Crippen LogP contribution in [0, 0.1) is 11.3 Å². The van der Waals surface area contributed by atoms with Gasteiger partial charge in [0.2, 0.25) is 0 Å². The molecule has 0 amide bonds. The topological polar surface area (TPSA) is 35.8 Å². The molecule has 68 valence electrons. The summed E-state index contributed by atoms with van der Waals surface area (Å²) in [6, 6.07) is 9.68. The first-order valence-electron chi connectivity index (χ1n) is 4.29. The third-order valence-electron chi connectivity index (χ3n) is 1.53. The largest absolute Gasteiger partial charge is 0.411 e. The van der Waals surface area contributed by atoms with Crippen molar-refractivity contribution >= 4 is 13.9 Å². The average molecular weight is 190 g/mol. The van der Waals surface area contributed by atoms with Crippen molar-refractivity contribution in [2.24, 2.45) is 0 Å². The van der Waals surface area contributed by atoms with E-state index in [1.165, 1.54) is 0 Å². The van der Waals surface area contributed by atoms with E-state index in [0.717, 1.165) is 5.69 Å². The predicted octanol–water partition coefficient (Wildman–Crippen LogP) is 2.81. The molecule has 1 N–H and O–H groups in total. The zero-order valence-electron chi connectivity index (χ0n) is 8.26. The van der Waals surface area contributed by atoms with Crippen LogP contribution in [0.1, 0.15) is 5.56 Å². The van der Waals surface area contributed by atoms with E-state index in [9.17, 15) is 0 Å². The monoisotopic (exact) mass is 190 g/mol. The van der Waals surface area contributed by atoms with Gasteiger partial charge in [-0.15, -0.1) is 0 Å². The lowest BCUT2D eigenvalue weighted by Crippen LogP contribution is -2.32. The van der Waals surface area contributed by atoms with Gasteiger partial charge in [0, 0.05) is 5.69 Å². The SMILES string of the molecule is C[Si](C)(C)Nc1ccc(C#N)cc1. The molecule has 0 spiro atoms. The zero-order chi connectivity index (χ0) is 9.90. The predicted molar refractivity (Wildman–Crippen MR) is 58.1 cm³/mol. The van der Waals surface area contributed by atoms with Gasteiger partial charge in [0.05, 0.1) is 11.6 Å². The van der Waals surface area contributed by atoms with Crippen molar-refractivity contribution in [2.75, 3.05) is 4.98 Å². The van der Waals surface area contributed by atoms with E-state index in [4.69, 9.17) is 5.26 Å². The summed E-state index contributed by atoms with van der Waals surface area (Å²) in [5, 5.41) is 8.60. The molecule has 0 aliphatic carbocycles. The summed E-state index contributed by atoms with van der Waals surface area (Å²) >= 11 is 0. The Morgan fingerprint density at radius 3 is 2.08 bits per heavy atom. The van der Waals surface area contributed by atoms with E-state index < -0.39 is 8.24 Å². The lowest BCUT2D eigenvalue weighted by molar-refractivity contribution is 1.48. The second kappa shape index (κ2) is 3.63. The van der Waals surface area contributed by atoms with Gasteiger partial charge in [-0.05, 0) is 24.3 Å². The molecule has 0 heterocycles. The molecule has 0 saturated carbocycles. The smallest absolute Gasteiger partial charge is 0.144 e. The van der Waals surface area contributed by atoms with Gasteiger partial charge in [0.1, 0.15) is 8.24 Å². The Morgan fingerprint density at radius 1 is 1.15 bits per heavy atom. The van der Waals surface area contributed by atoms with Crippen molar-refractivity contribution in [3.05, 3.63) is 29.8 Å². The van der Waals surface area contributed by atoms with Crippen LogP contribution in [-0.2, 0) is 0 Å². The quantitative estimate of drug-likeness (QED) is 0.728. The highest BCUT2D eigenvalue weighted by atomic mass is 28.3. The van der Waals surface area contributed by atoms with Gasteiger partial charge < -0.3 is 4.98 Å². The highest BCUT2D eigenvalue weighted by molar-refractivity contribution is 6.79. The summed E-state index contributed by atoms with van der Waals surface area (Å²) in [6.07, 6.45) is 0. The van der Waals surface area contributed by atoms with E-state index >= 15 is 0 Å². The molecule has 0 aliphatic rings. The van der Waals surface area contributed by atoms with Crippen LogP contribution in [0.5, 0.6) is 0 Å². The summed E-state index contributed by atoms with van der Waals surface area (Å²) in [7, 11) is -1.26. The van der Waals surface area contributed by atoms with E-state index in [1.807, 2.05) is 24.3 Å². The third-order valence-corrected chi connectivity index (χ3v) is 2.57. The highest BCUT2D eigenvalue weighted by Crippen LogP contribution is 2.12. The molecule has 0 aromatic heterocycles. The minimum atomic E-state index is -1.26. The number of rotatable bonds is 2.